The Labute approximate surface area is 98.0 Å². The van der Waals surface area contributed by atoms with Crippen LogP contribution in [-0.2, 0) is 0 Å². The topological polar surface area (TPSA) is 55.1 Å². The van der Waals surface area contributed by atoms with Crippen LogP contribution in [0.25, 0.3) is 0 Å². The van der Waals surface area contributed by atoms with Crippen LogP contribution in [-0.4, -0.2) is 12.5 Å². The fourth-order valence-corrected chi connectivity index (χ4v) is 1.61. The van der Waals surface area contributed by atoms with Gasteiger partial charge in [-0.3, -0.25) is 4.79 Å². The highest BCUT2D eigenvalue weighted by Gasteiger charge is 2.21. The molecule has 0 aliphatic heterocycles. The average molecular weight is 240 g/mol. The van der Waals surface area contributed by atoms with Gasteiger partial charge < -0.3 is 11.1 Å². The number of rotatable bonds is 4. The van der Waals surface area contributed by atoms with Crippen LogP contribution in [0.2, 0.25) is 0 Å². The summed E-state index contributed by atoms with van der Waals surface area (Å²) in [6.07, 6.45) is 3.34. The van der Waals surface area contributed by atoms with Crippen molar-refractivity contribution in [1.82, 2.24) is 5.32 Å². The van der Waals surface area contributed by atoms with E-state index in [0.29, 0.717) is 12.5 Å². The molecule has 17 heavy (non-hydrogen) atoms. The zero-order chi connectivity index (χ0) is 12.4. The van der Waals surface area contributed by atoms with Gasteiger partial charge in [0, 0.05) is 12.1 Å². The molecule has 5 heteroatoms. The van der Waals surface area contributed by atoms with E-state index in [-0.39, 0.29) is 5.56 Å². The normalized spacial score (nSPS) is 14.7. The first kappa shape index (κ1) is 11.8. The fourth-order valence-electron chi connectivity index (χ4n) is 1.61. The minimum absolute atomic E-state index is 0.0370. The summed E-state index contributed by atoms with van der Waals surface area (Å²) in [6, 6.07) is 1.90. The maximum Gasteiger partial charge on any atom is 0.251 e. The summed E-state index contributed by atoms with van der Waals surface area (Å²) in [7, 11) is 0. The van der Waals surface area contributed by atoms with Crippen molar-refractivity contribution in [2.24, 2.45) is 5.92 Å². The molecular weight excluding hydrogens is 226 g/mol. The lowest BCUT2D eigenvalue weighted by Crippen LogP contribution is -2.25. The van der Waals surface area contributed by atoms with Gasteiger partial charge in [-0.15, -0.1) is 0 Å². The number of anilines is 1. The van der Waals surface area contributed by atoms with Crippen LogP contribution in [0, 0.1) is 17.6 Å². The van der Waals surface area contributed by atoms with Gasteiger partial charge >= 0.3 is 0 Å². The molecule has 1 fully saturated rings. The molecule has 1 amide bonds. The number of hydrogen-bond donors (Lipinski definition) is 2. The first-order valence-electron chi connectivity index (χ1n) is 5.60. The summed E-state index contributed by atoms with van der Waals surface area (Å²) in [5, 5.41) is 2.63. The molecule has 1 aliphatic carbocycles. The summed E-state index contributed by atoms with van der Waals surface area (Å²) in [5.74, 6) is -1.58. The van der Waals surface area contributed by atoms with Gasteiger partial charge in [0.05, 0.1) is 0 Å². The Hall–Kier alpha value is -1.65. The highest BCUT2D eigenvalue weighted by Crippen LogP contribution is 2.31. The number of hydrogen-bond acceptors (Lipinski definition) is 2. The molecule has 1 aliphatic rings. The summed E-state index contributed by atoms with van der Waals surface area (Å²) in [5.41, 5.74) is 4.52. The maximum atomic E-state index is 13.1. The molecule has 92 valence electrons. The first-order chi connectivity index (χ1) is 8.08. The number of nitrogens with one attached hydrogen (secondary N) is 1. The second kappa shape index (κ2) is 4.69. The van der Waals surface area contributed by atoms with Gasteiger partial charge in [-0.1, -0.05) is 12.8 Å². The molecule has 0 saturated heterocycles. The summed E-state index contributed by atoms with van der Waals surface area (Å²) >= 11 is 0. The van der Waals surface area contributed by atoms with Gasteiger partial charge in [0.25, 0.3) is 5.91 Å². The number of benzene rings is 1. The summed E-state index contributed by atoms with van der Waals surface area (Å²) < 4.78 is 26.2. The van der Waals surface area contributed by atoms with Gasteiger partial charge in [0.2, 0.25) is 0 Å². The standard InChI is InChI=1S/C12H14F2N2O/c13-9-5-8(6-10(14)11(9)15)12(17)16-4-3-7-1-2-7/h5-7H,1-4,15H2,(H,16,17). The number of nitrogen functional groups attached to an aromatic ring is 1. The Morgan fingerprint density at radius 1 is 1.35 bits per heavy atom. The Bertz CT molecular complexity index is 421. The number of halogens is 2. The smallest absolute Gasteiger partial charge is 0.251 e. The zero-order valence-corrected chi connectivity index (χ0v) is 9.30. The van der Waals surface area contributed by atoms with Crippen LogP contribution in [0.3, 0.4) is 0 Å². The lowest BCUT2D eigenvalue weighted by atomic mass is 10.1. The number of nitrogens with two attached hydrogens (primary N) is 1. The van der Waals surface area contributed by atoms with Crippen molar-refractivity contribution in [3.05, 3.63) is 29.3 Å². The lowest BCUT2D eigenvalue weighted by molar-refractivity contribution is 0.0952. The predicted octanol–water partition coefficient (Wildman–Crippen LogP) is 2.08. The van der Waals surface area contributed by atoms with Crippen LogP contribution >= 0.6 is 0 Å². The van der Waals surface area contributed by atoms with E-state index in [2.05, 4.69) is 5.32 Å². The Morgan fingerprint density at radius 3 is 2.47 bits per heavy atom. The third kappa shape index (κ3) is 2.93. The lowest BCUT2D eigenvalue weighted by Gasteiger charge is -2.06. The highest BCUT2D eigenvalue weighted by atomic mass is 19.1. The van der Waals surface area contributed by atoms with Gasteiger partial charge in [0.15, 0.2) is 0 Å². The van der Waals surface area contributed by atoms with E-state index in [4.69, 9.17) is 5.73 Å². The van der Waals surface area contributed by atoms with E-state index in [9.17, 15) is 13.6 Å². The molecule has 0 atom stereocenters. The Kier molecular flexibility index (Phi) is 3.26. The van der Waals surface area contributed by atoms with Crippen molar-refractivity contribution in [2.45, 2.75) is 19.3 Å². The van der Waals surface area contributed by atoms with Crippen molar-refractivity contribution in [3.8, 4) is 0 Å². The van der Waals surface area contributed by atoms with E-state index in [1.807, 2.05) is 0 Å². The molecule has 3 nitrogen and oxygen atoms in total. The van der Waals surface area contributed by atoms with E-state index >= 15 is 0 Å². The number of carbonyl (C=O) groups excluding carboxylic acids is 1. The van der Waals surface area contributed by atoms with Gasteiger partial charge in [-0.25, -0.2) is 8.78 Å². The minimum Gasteiger partial charge on any atom is -0.394 e. The predicted molar refractivity (Wildman–Crippen MR) is 60.4 cm³/mol. The van der Waals surface area contributed by atoms with Crippen molar-refractivity contribution >= 4 is 11.6 Å². The van der Waals surface area contributed by atoms with Crippen LogP contribution in [0.5, 0.6) is 0 Å². The monoisotopic (exact) mass is 240 g/mol. The zero-order valence-electron chi connectivity index (χ0n) is 9.30. The molecule has 3 N–H and O–H groups in total. The number of amides is 1. The molecule has 1 aromatic rings. The van der Waals surface area contributed by atoms with Crippen molar-refractivity contribution in [1.29, 1.82) is 0 Å². The van der Waals surface area contributed by atoms with Gasteiger partial charge in [0.1, 0.15) is 17.3 Å². The molecule has 1 aromatic carbocycles. The van der Waals surface area contributed by atoms with Gasteiger partial charge in [-0.05, 0) is 24.5 Å². The van der Waals surface area contributed by atoms with E-state index in [1.54, 1.807) is 0 Å². The van der Waals surface area contributed by atoms with Crippen LogP contribution in [0.4, 0.5) is 14.5 Å². The van der Waals surface area contributed by atoms with Gasteiger partial charge in [-0.2, -0.15) is 0 Å². The largest absolute Gasteiger partial charge is 0.394 e. The molecule has 0 bridgehead atoms. The van der Waals surface area contributed by atoms with Crippen molar-refractivity contribution in [2.75, 3.05) is 12.3 Å². The first-order valence-corrected chi connectivity index (χ1v) is 5.60. The molecule has 0 aromatic heterocycles. The van der Waals surface area contributed by atoms with Crippen molar-refractivity contribution < 1.29 is 13.6 Å². The summed E-state index contributed by atoms with van der Waals surface area (Å²) in [6.45, 7) is 0.539. The molecule has 2 rings (SSSR count). The SMILES string of the molecule is Nc1c(F)cc(C(=O)NCCC2CC2)cc1F. The van der Waals surface area contributed by atoms with E-state index in [0.717, 1.165) is 18.6 Å². The van der Waals surface area contributed by atoms with Crippen LogP contribution in [0.15, 0.2) is 12.1 Å². The average Bonchev–Trinajstić information content (AvgIpc) is 3.09. The second-order valence-electron chi connectivity index (χ2n) is 4.34. The molecule has 0 heterocycles. The summed E-state index contributed by atoms with van der Waals surface area (Å²) in [4.78, 5) is 11.6. The molecule has 1 saturated carbocycles. The molecule has 0 spiro atoms. The van der Waals surface area contributed by atoms with E-state index < -0.39 is 23.2 Å². The van der Waals surface area contributed by atoms with Crippen LogP contribution in [0.1, 0.15) is 29.6 Å². The maximum absolute atomic E-state index is 13.1. The molecule has 0 radical (unpaired) electrons. The quantitative estimate of drug-likeness (QED) is 0.792. The minimum atomic E-state index is -0.905. The molecule has 0 unspecified atom stereocenters. The molecular formula is C12H14F2N2O. The number of carbonyl (C=O) groups is 1. The van der Waals surface area contributed by atoms with Crippen LogP contribution < -0.4 is 11.1 Å². The second-order valence-corrected chi connectivity index (χ2v) is 4.34. The Morgan fingerprint density at radius 2 is 1.94 bits per heavy atom. The third-order valence-electron chi connectivity index (χ3n) is 2.88. The highest BCUT2D eigenvalue weighted by molar-refractivity contribution is 5.94. The fraction of sp³-hybridized carbons (Fsp3) is 0.417. The Balaban J connectivity index is 1.97. The van der Waals surface area contributed by atoms with E-state index in [1.165, 1.54) is 12.8 Å². The van der Waals surface area contributed by atoms with Crippen molar-refractivity contribution in [3.63, 3.8) is 0 Å². The third-order valence-corrected chi connectivity index (χ3v) is 2.88.